The largest absolute Gasteiger partial charge is 0.343 e. The van der Waals surface area contributed by atoms with Gasteiger partial charge in [-0.15, -0.1) is 35.0 Å². The summed E-state index contributed by atoms with van der Waals surface area (Å²) in [5, 5.41) is 12.1. The van der Waals surface area contributed by atoms with Crippen molar-refractivity contribution < 1.29 is 4.79 Å². The van der Waals surface area contributed by atoms with E-state index in [4.69, 9.17) is 0 Å². The predicted octanol–water partition coefficient (Wildman–Crippen LogP) is 2.37. The molecule has 0 unspecified atom stereocenters. The SMILES string of the molecule is Cl.Cl.O=C(CCn1cnc2ccccc21)N1CCC(c2nnc3n2CCNC3)CC1. The number of likely N-dealkylation sites (tertiary alicyclic amines) is 1. The van der Waals surface area contributed by atoms with Crippen LogP contribution in [-0.4, -0.2) is 54.8 Å². The Morgan fingerprint density at radius 2 is 1.90 bits per heavy atom. The second-order valence-corrected chi connectivity index (χ2v) is 7.63. The maximum Gasteiger partial charge on any atom is 0.224 e. The molecule has 5 rings (SSSR count). The maximum absolute atomic E-state index is 12.7. The second-order valence-electron chi connectivity index (χ2n) is 7.63. The zero-order chi connectivity index (χ0) is 18.9. The highest BCUT2D eigenvalue weighted by molar-refractivity contribution is 5.85. The van der Waals surface area contributed by atoms with Gasteiger partial charge in [0, 0.05) is 45.1 Å². The molecular weight excluding hydrogens is 425 g/mol. The number of aromatic nitrogens is 5. The minimum Gasteiger partial charge on any atom is -0.343 e. The topological polar surface area (TPSA) is 80.9 Å². The molecule has 0 aliphatic carbocycles. The van der Waals surface area contributed by atoms with E-state index in [0.29, 0.717) is 18.9 Å². The number of amides is 1. The summed E-state index contributed by atoms with van der Waals surface area (Å²) in [6, 6.07) is 8.04. The third-order valence-corrected chi connectivity index (χ3v) is 5.96. The number of carbonyl (C=O) groups excluding carboxylic acids is 1. The van der Waals surface area contributed by atoms with Crippen LogP contribution in [0.4, 0.5) is 0 Å². The zero-order valence-corrected chi connectivity index (χ0v) is 18.4. The van der Waals surface area contributed by atoms with E-state index < -0.39 is 0 Å². The normalized spacial score (nSPS) is 16.6. The highest BCUT2D eigenvalue weighted by Gasteiger charge is 2.28. The summed E-state index contributed by atoms with van der Waals surface area (Å²) < 4.78 is 4.33. The molecule has 1 aromatic carbocycles. The lowest BCUT2D eigenvalue weighted by atomic mass is 9.95. The molecule has 1 fully saturated rings. The van der Waals surface area contributed by atoms with Crippen LogP contribution in [0.25, 0.3) is 11.0 Å². The number of halogens is 2. The van der Waals surface area contributed by atoms with E-state index >= 15 is 0 Å². The molecule has 2 aromatic heterocycles. The summed E-state index contributed by atoms with van der Waals surface area (Å²) in [6.07, 6.45) is 4.26. The van der Waals surface area contributed by atoms with Crippen LogP contribution in [0.3, 0.4) is 0 Å². The molecule has 2 aliphatic heterocycles. The van der Waals surface area contributed by atoms with Crippen LogP contribution in [0, 0.1) is 0 Å². The van der Waals surface area contributed by atoms with E-state index in [-0.39, 0.29) is 30.7 Å². The predicted molar refractivity (Wildman–Crippen MR) is 119 cm³/mol. The van der Waals surface area contributed by atoms with Gasteiger partial charge in [0.05, 0.1) is 23.9 Å². The molecule has 162 valence electrons. The Morgan fingerprint density at radius 1 is 1.10 bits per heavy atom. The second kappa shape index (κ2) is 9.76. The van der Waals surface area contributed by atoms with Gasteiger partial charge in [0.25, 0.3) is 0 Å². The van der Waals surface area contributed by atoms with Gasteiger partial charge in [0.2, 0.25) is 5.91 Å². The van der Waals surface area contributed by atoms with Crippen molar-refractivity contribution in [1.29, 1.82) is 0 Å². The smallest absolute Gasteiger partial charge is 0.224 e. The fourth-order valence-electron chi connectivity index (χ4n) is 4.37. The van der Waals surface area contributed by atoms with E-state index in [1.54, 1.807) is 0 Å². The van der Waals surface area contributed by atoms with Gasteiger partial charge in [-0.2, -0.15) is 0 Å². The Kier molecular flexibility index (Phi) is 7.33. The van der Waals surface area contributed by atoms with Crippen LogP contribution in [0.2, 0.25) is 0 Å². The highest BCUT2D eigenvalue weighted by Crippen LogP contribution is 2.28. The van der Waals surface area contributed by atoms with E-state index in [0.717, 1.165) is 68.2 Å². The van der Waals surface area contributed by atoms with Crippen molar-refractivity contribution in [2.45, 2.75) is 44.8 Å². The standard InChI is InChI=1S/C20H25N7O.2ClH/c28-19(7-11-26-14-22-16-3-1-2-4-17(16)26)25-9-5-15(6-10-25)20-24-23-18-13-21-8-12-27(18)20;;/h1-4,14-15,21H,5-13H2;2*1H. The van der Waals surface area contributed by atoms with Crippen LogP contribution >= 0.6 is 24.8 Å². The van der Waals surface area contributed by atoms with Gasteiger partial charge in [-0.3, -0.25) is 4.79 Å². The molecule has 0 radical (unpaired) electrons. The van der Waals surface area contributed by atoms with Crippen molar-refractivity contribution >= 4 is 41.8 Å². The first-order valence-corrected chi connectivity index (χ1v) is 10.1. The Hall–Kier alpha value is -2.16. The van der Waals surface area contributed by atoms with Gasteiger partial charge >= 0.3 is 0 Å². The van der Waals surface area contributed by atoms with Crippen LogP contribution in [-0.2, 0) is 24.4 Å². The number of carbonyl (C=O) groups is 1. The number of hydrogen-bond acceptors (Lipinski definition) is 5. The van der Waals surface area contributed by atoms with Crippen molar-refractivity contribution in [3.8, 4) is 0 Å². The first kappa shape index (κ1) is 22.5. The van der Waals surface area contributed by atoms with Gasteiger partial charge in [0.1, 0.15) is 11.6 Å². The molecule has 0 spiro atoms. The molecular formula is C20H27Cl2N7O. The fraction of sp³-hybridized carbons (Fsp3) is 0.500. The number of benzene rings is 1. The quantitative estimate of drug-likeness (QED) is 0.658. The molecule has 0 bridgehead atoms. The summed E-state index contributed by atoms with van der Waals surface area (Å²) in [5.74, 6) is 2.77. The summed E-state index contributed by atoms with van der Waals surface area (Å²) in [4.78, 5) is 19.1. The third-order valence-electron chi connectivity index (χ3n) is 5.96. The van der Waals surface area contributed by atoms with E-state index in [2.05, 4.69) is 29.6 Å². The molecule has 0 saturated carbocycles. The van der Waals surface area contributed by atoms with Crippen LogP contribution in [0.15, 0.2) is 30.6 Å². The minimum absolute atomic E-state index is 0. The van der Waals surface area contributed by atoms with E-state index in [1.807, 2.05) is 35.5 Å². The molecule has 10 heteroatoms. The Morgan fingerprint density at radius 3 is 2.73 bits per heavy atom. The number of rotatable bonds is 4. The number of piperidine rings is 1. The Labute approximate surface area is 187 Å². The number of aryl methyl sites for hydroxylation is 1. The Bertz CT molecular complexity index is 994. The summed E-state index contributed by atoms with van der Waals surface area (Å²) >= 11 is 0. The summed E-state index contributed by atoms with van der Waals surface area (Å²) in [7, 11) is 0. The van der Waals surface area contributed by atoms with Crippen molar-refractivity contribution in [3.63, 3.8) is 0 Å². The van der Waals surface area contributed by atoms with Crippen molar-refractivity contribution in [2.24, 2.45) is 0 Å². The maximum atomic E-state index is 12.7. The lowest BCUT2D eigenvalue weighted by molar-refractivity contribution is -0.132. The lowest BCUT2D eigenvalue weighted by Gasteiger charge is -2.32. The van der Waals surface area contributed by atoms with Gasteiger partial charge in [-0.05, 0) is 25.0 Å². The van der Waals surface area contributed by atoms with Crippen LogP contribution in [0.1, 0.15) is 36.8 Å². The first-order chi connectivity index (χ1) is 13.8. The molecule has 1 N–H and O–H groups in total. The van der Waals surface area contributed by atoms with Gasteiger partial charge in [0.15, 0.2) is 0 Å². The number of imidazole rings is 1. The van der Waals surface area contributed by atoms with Crippen molar-refractivity contribution in [1.82, 2.24) is 34.5 Å². The average Bonchev–Trinajstić information content (AvgIpc) is 3.36. The molecule has 4 heterocycles. The summed E-state index contributed by atoms with van der Waals surface area (Å²) in [5.41, 5.74) is 2.06. The molecule has 0 atom stereocenters. The lowest BCUT2D eigenvalue weighted by Crippen LogP contribution is -2.39. The number of para-hydroxylation sites is 2. The van der Waals surface area contributed by atoms with E-state index in [1.165, 1.54) is 0 Å². The fourth-order valence-corrected chi connectivity index (χ4v) is 4.37. The van der Waals surface area contributed by atoms with Crippen molar-refractivity contribution in [2.75, 3.05) is 19.6 Å². The minimum atomic E-state index is 0. The Balaban J connectivity index is 0.00000128. The van der Waals surface area contributed by atoms with Crippen molar-refractivity contribution in [3.05, 3.63) is 42.2 Å². The zero-order valence-electron chi connectivity index (χ0n) is 16.7. The number of nitrogens with zero attached hydrogens (tertiary/aromatic N) is 6. The molecule has 2 aliphatic rings. The van der Waals surface area contributed by atoms with E-state index in [9.17, 15) is 4.79 Å². The number of fused-ring (bicyclic) bond motifs is 2. The molecule has 30 heavy (non-hydrogen) atoms. The molecule has 3 aromatic rings. The van der Waals surface area contributed by atoms with Crippen LogP contribution in [0.5, 0.6) is 0 Å². The first-order valence-electron chi connectivity index (χ1n) is 10.1. The van der Waals surface area contributed by atoms with Gasteiger partial charge in [-0.1, -0.05) is 12.1 Å². The van der Waals surface area contributed by atoms with Gasteiger partial charge in [-0.25, -0.2) is 4.98 Å². The number of hydrogen-bond donors (Lipinski definition) is 1. The monoisotopic (exact) mass is 451 g/mol. The number of nitrogens with one attached hydrogen (secondary N) is 1. The van der Waals surface area contributed by atoms with Gasteiger partial charge < -0.3 is 19.4 Å². The van der Waals surface area contributed by atoms with Crippen LogP contribution < -0.4 is 5.32 Å². The highest BCUT2D eigenvalue weighted by atomic mass is 35.5. The molecule has 8 nitrogen and oxygen atoms in total. The average molecular weight is 452 g/mol. The summed E-state index contributed by atoms with van der Waals surface area (Å²) in [6.45, 7) is 4.98. The third kappa shape index (κ3) is 4.31. The molecule has 1 saturated heterocycles. The molecule has 1 amide bonds.